The molecule has 0 unspecified atom stereocenters. The molecule has 0 aliphatic heterocycles. The fraction of sp³-hybridized carbons (Fsp3) is 0.295. The van der Waals surface area contributed by atoms with Crippen LogP contribution in [-0.4, -0.2) is 70.5 Å². The molecule has 0 atom stereocenters. The molecular weight excluding hydrogens is 1190 g/mol. The molecule has 0 fully saturated rings. The first-order chi connectivity index (χ1) is 44.3. The van der Waals surface area contributed by atoms with Gasteiger partial charge in [-0.15, -0.1) is 0 Å². The van der Waals surface area contributed by atoms with Crippen LogP contribution in [0.15, 0.2) is 219 Å². The second-order valence-electron chi connectivity index (χ2n) is 28.0. The van der Waals surface area contributed by atoms with E-state index in [1.807, 2.05) is 131 Å². The van der Waals surface area contributed by atoms with E-state index in [4.69, 9.17) is 11.0 Å². The van der Waals surface area contributed by atoms with E-state index >= 15 is 0 Å². The van der Waals surface area contributed by atoms with Crippen LogP contribution in [-0.2, 0) is 0 Å². The molecule has 0 N–H and O–H groups in total. The Labute approximate surface area is 549 Å². The molecule has 10 heteroatoms. The van der Waals surface area contributed by atoms with Gasteiger partial charge in [-0.2, -0.15) is 0 Å². The number of aromatic nitrogens is 5. The van der Waals surface area contributed by atoms with Crippen LogP contribution in [0.25, 0.3) is 56.3 Å². The van der Waals surface area contributed by atoms with E-state index < -0.39 is 71.1 Å². The Bertz CT molecular complexity index is 3910. The Morgan fingerprint density at radius 2 is 0.625 bits per heavy atom. The zero-order chi connectivity index (χ0) is 71.5. The summed E-state index contributed by atoms with van der Waals surface area (Å²) in [6, 6.07) is 61.6. The summed E-state index contributed by atoms with van der Waals surface area (Å²) in [4.78, 5) is 22.8. The van der Waals surface area contributed by atoms with Gasteiger partial charge in [0.05, 0.1) is 55.1 Å². The fourth-order valence-corrected chi connectivity index (χ4v) is 16.8. The summed E-state index contributed by atoms with van der Waals surface area (Å²) in [5, 5.41) is 5.22. The van der Waals surface area contributed by atoms with Crippen LogP contribution < -0.4 is 25.1 Å². The third-order valence-electron chi connectivity index (χ3n) is 15.0. The van der Waals surface area contributed by atoms with Gasteiger partial charge < -0.3 is 0 Å². The molecule has 0 spiro atoms. The summed E-state index contributed by atoms with van der Waals surface area (Å²) in [5.74, 6) is 5.87. The molecule has 10 aromatic rings. The summed E-state index contributed by atoms with van der Waals surface area (Å²) in [7, 11) is -5.64. The average molecular weight is 1300 g/mol. The van der Waals surface area contributed by atoms with E-state index in [2.05, 4.69) is 200 Å². The summed E-state index contributed by atoms with van der Waals surface area (Å²) in [5.41, 5.74) is 12.9. The second kappa shape index (κ2) is 31.1. The van der Waals surface area contributed by atoms with Gasteiger partial charge in [0.2, 0.25) is 0 Å². The normalized spacial score (nSPS) is 13.5. The molecule has 0 radical (unpaired) electrons. The molecule has 5 aromatic heterocycles. The van der Waals surface area contributed by atoms with Gasteiger partial charge in [-0.05, 0) is 81.6 Å². The Hall–Kier alpha value is -6.74. The molecule has 458 valence electrons. The minimum absolute atomic E-state index is 0.325. The zero-order valence-electron chi connectivity index (χ0n) is 64.0. The molecule has 0 amide bonds. The third kappa shape index (κ3) is 21.2. The molecule has 5 heterocycles. The van der Waals surface area contributed by atoms with Gasteiger partial charge in [0.15, 0.2) is 0 Å². The monoisotopic (exact) mass is 1300 g/mol. The number of hydrogen-bond donors (Lipinski definition) is 0. The molecular formula is C78H101GeN5Si4. The molecule has 0 saturated carbocycles. The van der Waals surface area contributed by atoms with Crippen molar-refractivity contribution >= 4 is 70.7 Å². The molecule has 0 aliphatic carbocycles. The Kier molecular flexibility index (Phi) is 20.8. The van der Waals surface area contributed by atoms with Crippen LogP contribution in [0.5, 0.6) is 0 Å². The fourth-order valence-electron chi connectivity index (χ4n) is 9.38. The van der Waals surface area contributed by atoms with Gasteiger partial charge in [-0.25, -0.2) is 0 Å². The van der Waals surface area contributed by atoms with Crippen molar-refractivity contribution < 1.29 is 11.0 Å². The van der Waals surface area contributed by atoms with Gasteiger partial charge >= 0.3 is 99.8 Å². The van der Waals surface area contributed by atoms with Crippen molar-refractivity contribution in [2.24, 2.45) is 0 Å². The number of hydrogen-bond acceptors (Lipinski definition) is 5. The number of aryl methyl sites for hydroxylation is 2. The van der Waals surface area contributed by atoms with E-state index in [0.717, 1.165) is 56.3 Å². The summed E-state index contributed by atoms with van der Waals surface area (Å²) in [6.45, 7) is 31.1. The van der Waals surface area contributed by atoms with Crippen LogP contribution >= 0.6 is 0 Å². The van der Waals surface area contributed by atoms with Crippen molar-refractivity contribution in [3.05, 3.63) is 241 Å². The van der Waals surface area contributed by atoms with Gasteiger partial charge in [-0.3, -0.25) is 19.9 Å². The van der Waals surface area contributed by atoms with Gasteiger partial charge in [0.25, 0.3) is 0 Å². The maximum absolute atomic E-state index is 8.49. The summed E-state index contributed by atoms with van der Waals surface area (Å²) >= 11 is -1.71. The second-order valence-corrected chi connectivity index (χ2v) is 58.9. The Balaban J connectivity index is 0.000000191. The molecule has 0 bridgehead atoms. The van der Waals surface area contributed by atoms with Gasteiger partial charge in [0.1, 0.15) is 0 Å². The standard InChI is InChI=1S/C18H25NSi.C17H23NSi.C15H19NSi.C14H17GeN.C14H17NSi/c1-13(2)16-11-17(15-9-7-14(3)8-10-15)19-12-18(16)20(4,5)6;1-13(2)15-11-16(14-9-7-6-8-10-14)18-12-17(15)19(3,4)5;1-12-5-7-13(8-6-12)15-10-9-14(11-16-15)17(2,3)4;1-15(2,3)13-9-10-14(16-11-13)12-7-5-4-6-8-12;1-16(2,3)13-9-10-14(15-11-13)12-7-5-4-6-8-12/h7-13H,1-6H3;6-13H,1-5H3;5-11H,1-4H3;2*4-11H,1-3H3/i3D3,13D;13D;1D3;;. The number of benzene rings is 5. The van der Waals surface area contributed by atoms with Crippen molar-refractivity contribution in [3.63, 3.8) is 0 Å². The van der Waals surface area contributed by atoms with Crippen molar-refractivity contribution in [3.8, 4) is 56.3 Å². The Morgan fingerprint density at radius 1 is 0.330 bits per heavy atom. The summed E-state index contributed by atoms with van der Waals surface area (Å²) in [6.07, 6.45) is 9.95. The number of rotatable bonds is 12. The SMILES string of the molecule is C[Si](C)(C)c1ccc(-c2ccccc2)nc1.[2H]C(C)(C)c1cc(-c2ccccc2)ncc1[Si](C)(C)C.[2H]C([2H])([2H])c1ccc(-c2cc(C([2H])(C)C)c([Si](C)(C)C)cn2)cc1.[2H]C([2H])([2H])c1ccc(-c2ccc([Si](C)(C)C)cn2)cc1.[CH3][Ge]([CH3])([CH3])[c]1ccc(-c2ccccc2)nc1. The van der Waals surface area contributed by atoms with E-state index in [1.165, 1.54) is 36.3 Å². The first-order valence-corrected chi connectivity index (χ1v) is 52.0. The Morgan fingerprint density at radius 3 is 0.886 bits per heavy atom. The number of nitrogens with zero attached hydrogens (tertiary/aromatic N) is 5. The van der Waals surface area contributed by atoms with Gasteiger partial charge in [-0.1, -0.05) is 239 Å². The quantitative estimate of drug-likeness (QED) is 0.114. The van der Waals surface area contributed by atoms with E-state index in [9.17, 15) is 0 Å². The summed E-state index contributed by atoms with van der Waals surface area (Å²) < 4.78 is 62.9. The number of pyridine rings is 5. The molecule has 10 rings (SSSR count). The first kappa shape index (κ1) is 58.9. The van der Waals surface area contributed by atoms with Gasteiger partial charge in [0, 0.05) is 58.0 Å². The van der Waals surface area contributed by atoms with E-state index in [0.29, 0.717) is 11.1 Å². The molecule has 0 aliphatic rings. The van der Waals surface area contributed by atoms with Crippen LogP contribution in [0, 0.1) is 13.7 Å². The zero-order valence-corrected chi connectivity index (χ0v) is 62.1. The van der Waals surface area contributed by atoms with Crippen LogP contribution in [0.1, 0.15) is 72.7 Å². The predicted octanol–water partition coefficient (Wildman–Crippen LogP) is 19.3. The predicted molar refractivity (Wildman–Crippen MR) is 401 cm³/mol. The van der Waals surface area contributed by atoms with E-state index in [-0.39, 0.29) is 0 Å². The van der Waals surface area contributed by atoms with Crippen molar-refractivity contribution in [1.29, 1.82) is 0 Å². The third-order valence-corrected chi connectivity index (χ3v) is 27.3. The van der Waals surface area contributed by atoms with Crippen molar-refractivity contribution in [2.45, 2.75) is 149 Å². The van der Waals surface area contributed by atoms with Crippen LogP contribution in [0.4, 0.5) is 0 Å². The van der Waals surface area contributed by atoms with Crippen LogP contribution in [0.2, 0.25) is 95.8 Å². The minimum atomic E-state index is -2.10. The molecule has 88 heavy (non-hydrogen) atoms. The van der Waals surface area contributed by atoms with E-state index in [1.54, 1.807) is 36.4 Å². The van der Waals surface area contributed by atoms with Crippen LogP contribution in [0.3, 0.4) is 0 Å². The molecule has 0 saturated heterocycles. The topological polar surface area (TPSA) is 64.5 Å². The van der Waals surface area contributed by atoms with Crippen molar-refractivity contribution in [2.75, 3.05) is 0 Å². The molecule has 5 nitrogen and oxygen atoms in total. The first-order valence-electron chi connectivity index (χ1n) is 34.6. The average Bonchev–Trinajstić information content (AvgIpc) is 0.799. The van der Waals surface area contributed by atoms with Crippen molar-refractivity contribution in [1.82, 2.24) is 24.9 Å². The molecule has 5 aromatic carbocycles. The maximum atomic E-state index is 8.49.